The van der Waals surface area contributed by atoms with Gasteiger partial charge >= 0.3 is 0 Å². The van der Waals surface area contributed by atoms with Crippen molar-refractivity contribution >= 4 is 27.2 Å². The molecule has 3 aromatic rings. The van der Waals surface area contributed by atoms with Gasteiger partial charge in [-0.1, -0.05) is 0 Å². The fraction of sp³-hybridized carbons (Fsp3) is 0. The maximum absolute atomic E-state index is 13.3. The second-order valence-corrected chi connectivity index (χ2v) is 5.32. The number of halogens is 2. The SMILES string of the molecule is N#Cc1cc(C(=O)c2ccc3c(Br)cccn23)ccc1F. The summed E-state index contributed by atoms with van der Waals surface area (Å²) in [6, 6.07) is 12.8. The van der Waals surface area contributed by atoms with Gasteiger partial charge in [0.15, 0.2) is 0 Å². The Morgan fingerprint density at radius 3 is 2.81 bits per heavy atom. The molecule has 2 heterocycles. The highest BCUT2D eigenvalue weighted by atomic mass is 79.9. The summed E-state index contributed by atoms with van der Waals surface area (Å²) in [7, 11) is 0. The predicted molar refractivity (Wildman–Crippen MR) is 79.6 cm³/mol. The molecule has 0 aliphatic carbocycles. The van der Waals surface area contributed by atoms with Gasteiger partial charge in [-0.2, -0.15) is 5.26 Å². The van der Waals surface area contributed by atoms with E-state index in [9.17, 15) is 9.18 Å². The molecule has 3 rings (SSSR count). The van der Waals surface area contributed by atoms with E-state index in [-0.39, 0.29) is 16.9 Å². The van der Waals surface area contributed by atoms with E-state index in [0.29, 0.717) is 5.69 Å². The number of nitrogens with zero attached hydrogens (tertiary/aromatic N) is 2. The maximum Gasteiger partial charge on any atom is 0.209 e. The molecule has 1 aromatic carbocycles. The van der Waals surface area contributed by atoms with Crippen LogP contribution >= 0.6 is 15.9 Å². The van der Waals surface area contributed by atoms with Crippen LogP contribution in [0.3, 0.4) is 0 Å². The summed E-state index contributed by atoms with van der Waals surface area (Å²) in [5, 5.41) is 8.85. The van der Waals surface area contributed by atoms with Gasteiger partial charge in [-0.25, -0.2) is 4.39 Å². The van der Waals surface area contributed by atoms with E-state index in [4.69, 9.17) is 5.26 Å². The standard InChI is InChI=1S/C16H8BrFN2O/c17-12-2-1-7-20-14(12)5-6-15(20)16(21)10-3-4-13(18)11(8-10)9-19/h1-8H. The molecule has 0 aliphatic heterocycles. The maximum atomic E-state index is 13.3. The van der Waals surface area contributed by atoms with Crippen molar-refractivity contribution in [2.75, 3.05) is 0 Å². The van der Waals surface area contributed by atoms with Crippen LogP contribution in [0.2, 0.25) is 0 Å². The predicted octanol–water partition coefficient (Wildman–Crippen LogP) is 3.94. The van der Waals surface area contributed by atoms with Crippen LogP contribution in [0.15, 0.2) is 53.1 Å². The van der Waals surface area contributed by atoms with Crippen LogP contribution in [0.4, 0.5) is 4.39 Å². The van der Waals surface area contributed by atoms with Gasteiger partial charge in [0.25, 0.3) is 0 Å². The molecule has 0 radical (unpaired) electrons. The molecule has 0 spiro atoms. The third kappa shape index (κ3) is 2.24. The number of hydrogen-bond donors (Lipinski definition) is 0. The zero-order valence-electron chi connectivity index (χ0n) is 10.7. The Labute approximate surface area is 128 Å². The smallest absolute Gasteiger partial charge is 0.209 e. The lowest BCUT2D eigenvalue weighted by Gasteiger charge is -2.04. The van der Waals surface area contributed by atoms with E-state index in [0.717, 1.165) is 16.1 Å². The number of carbonyl (C=O) groups is 1. The molecule has 0 atom stereocenters. The Morgan fingerprint density at radius 2 is 2.05 bits per heavy atom. The minimum atomic E-state index is -0.628. The van der Waals surface area contributed by atoms with Crippen LogP contribution in [0.25, 0.3) is 5.52 Å². The van der Waals surface area contributed by atoms with Crippen molar-refractivity contribution in [3.8, 4) is 6.07 Å². The number of nitriles is 1. The molecule has 102 valence electrons. The number of aromatic nitrogens is 1. The summed E-state index contributed by atoms with van der Waals surface area (Å²) in [5.41, 5.74) is 1.47. The largest absolute Gasteiger partial charge is 0.313 e. The molecule has 5 heteroatoms. The second kappa shape index (κ2) is 5.15. The molecule has 0 N–H and O–H groups in total. The number of ketones is 1. The Bertz CT molecular complexity index is 908. The van der Waals surface area contributed by atoms with Crippen LogP contribution in [0.1, 0.15) is 21.6 Å². The zero-order chi connectivity index (χ0) is 15.0. The molecule has 0 amide bonds. The lowest BCUT2D eigenvalue weighted by Crippen LogP contribution is -2.06. The number of rotatable bonds is 2. The first-order valence-corrected chi connectivity index (χ1v) is 6.91. The van der Waals surface area contributed by atoms with Gasteiger partial charge in [-0.3, -0.25) is 4.79 Å². The van der Waals surface area contributed by atoms with Crippen LogP contribution < -0.4 is 0 Å². The van der Waals surface area contributed by atoms with Crippen LogP contribution in [0.5, 0.6) is 0 Å². The van der Waals surface area contributed by atoms with Crippen LogP contribution in [-0.4, -0.2) is 10.2 Å². The lowest BCUT2D eigenvalue weighted by molar-refractivity contribution is 0.103. The Balaban J connectivity index is 2.13. The zero-order valence-corrected chi connectivity index (χ0v) is 12.3. The van der Waals surface area contributed by atoms with Crippen molar-refractivity contribution < 1.29 is 9.18 Å². The van der Waals surface area contributed by atoms with Gasteiger partial charge < -0.3 is 4.40 Å². The van der Waals surface area contributed by atoms with Gasteiger partial charge in [-0.05, 0) is 58.4 Å². The van der Waals surface area contributed by atoms with Crippen LogP contribution in [0, 0.1) is 17.1 Å². The van der Waals surface area contributed by atoms with Gasteiger partial charge in [0.1, 0.15) is 11.9 Å². The minimum absolute atomic E-state index is 0.136. The van der Waals surface area contributed by atoms with Crippen molar-refractivity contribution in [3.05, 3.63) is 75.8 Å². The highest BCUT2D eigenvalue weighted by molar-refractivity contribution is 9.10. The molecule has 3 nitrogen and oxygen atoms in total. The molecule has 0 saturated carbocycles. The monoisotopic (exact) mass is 342 g/mol. The van der Waals surface area contributed by atoms with E-state index in [1.54, 1.807) is 22.7 Å². The normalized spacial score (nSPS) is 10.5. The summed E-state index contributed by atoms with van der Waals surface area (Å²) in [5.74, 6) is -0.888. The lowest BCUT2D eigenvalue weighted by atomic mass is 10.1. The second-order valence-electron chi connectivity index (χ2n) is 4.47. The number of carbonyl (C=O) groups excluding carboxylic acids is 1. The summed E-state index contributed by atoms with van der Waals surface area (Å²) in [6.45, 7) is 0. The minimum Gasteiger partial charge on any atom is -0.313 e. The molecular formula is C16H8BrFN2O. The van der Waals surface area contributed by atoms with Gasteiger partial charge in [0, 0.05) is 16.2 Å². The van der Waals surface area contributed by atoms with Crippen molar-refractivity contribution in [2.45, 2.75) is 0 Å². The Morgan fingerprint density at radius 1 is 1.24 bits per heavy atom. The summed E-state index contributed by atoms with van der Waals surface area (Å²) < 4.78 is 16.0. The van der Waals surface area contributed by atoms with Gasteiger partial charge in [0.2, 0.25) is 5.78 Å². The third-order valence-electron chi connectivity index (χ3n) is 3.22. The third-order valence-corrected chi connectivity index (χ3v) is 3.89. The van der Waals surface area contributed by atoms with Crippen molar-refractivity contribution in [1.29, 1.82) is 5.26 Å². The fourth-order valence-corrected chi connectivity index (χ4v) is 2.66. The number of pyridine rings is 1. The molecule has 2 aromatic heterocycles. The fourth-order valence-electron chi connectivity index (χ4n) is 2.19. The van der Waals surface area contributed by atoms with Crippen molar-refractivity contribution in [3.63, 3.8) is 0 Å². The number of hydrogen-bond acceptors (Lipinski definition) is 2. The van der Waals surface area contributed by atoms with E-state index in [2.05, 4.69) is 15.9 Å². The Hall–Kier alpha value is -2.45. The quantitative estimate of drug-likeness (QED) is 0.662. The van der Waals surface area contributed by atoms with E-state index >= 15 is 0 Å². The molecule has 0 unspecified atom stereocenters. The highest BCUT2D eigenvalue weighted by Crippen LogP contribution is 2.22. The molecule has 0 aliphatic rings. The summed E-state index contributed by atoms with van der Waals surface area (Å²) >= 11 is 3.42. The highest BCUT2D eigenvalue weighted by Gasteiger charge is 2.15. The number of benzene rings is 1. The average molecular weight is 343 g/mol. The topological polar surface area (TPSA) is 45.3 Å². The first-order chi connectivity index (χ1) is 10.1. The van der Waals surface area contributed by atoms with Crippen molar-refractivity contribution in [1.82, 2.24) is 4.40 Å². The number of fused-ring (bicyclic) bond motifs is 1. The Kier molecular flexibility index (Phi) is 3.32. The molecule has 0 bridgehead atoms. The first kappa shape index (κ1) is 13.5. The van der Waals surface area contributed by atoms with Crippen molar-refractivity contribution in [2.24, 2.45) is 0 Å². The van der Waals surface area contributed by atoms with E-state index < -0.39 is 5.82 Å². The van der Waals surface area contributed by atoms with E-state index in [1.165, 1.54) is 12.1 Å². The molecular weight excluding hydrogens is 335 g/mol. The van der Waals surface area contributed by atoms with Gasteiger partial charge in [-0.15, -0.1) is 0 Å². The van der Waals surface area contributed by atoms with Gasteiger partial charge in [0.05, 0.1) is 16.8 Å². The summed E-state index contributed by atoms with van der Waals surface area (Å²) in [6.07, 6.45) is 1.78. The van der Waals surface area contributed by atoms with Crippen LogP contribution in [-0.2, 0) is 0 Å². The average Bonchev–Trinajstić information content (AvgIpc) is 2.92. The molecule has 0 saturated heterocycles. The molecule has 21 heavy (non-hydrogen) atoms. The molecule has 0 fully saturated rings. The van der Waals surface area contributed by atoms with E-state index in [1.807, 2.05) is 18.2 Å². The first-order valence-electron chi connectivity index (χ1n) is 6.12. The summed E-state index contributed by atoms with van der Waals surface area (Å²) in [4.78, 5) is 12.5.